The van der Waals surface area contributed by atoms with Crippen molar-refractivity contribution < 1.29 is 8.42 Å². The SMILES string of the molecule is Cc1[nH]ncc1-c1ccc2ncnc(-c3ccc(S(C)(=O)=O)s3)c2c1.Cl.Cl. The van der Waals surface area contributed by atoms with Crippen LogP contribution < -0.4 is 0 Å². The molecule has 0 aliphatic carbocycles. The van der Waals surface area contributed by atoms with Crippen LogP contribution in [0.1, 0.15) is 5.69 Å². The van der Waals surface area contributed by atoms with Crippen LogP contribution in [0.5, 0.6) is 0 Å². The molecule has 0 spiro atoms. The van der Waals surface area contributed by atoms with Gasteiger partial charge in [0.15, 0.2) is 9.84 Å². The van der Waals surface area contributed by atoms with Gasteiger partial charge in [-0.1, -0.05) is 6.07 Å². The zero-order valence-electron chi connectivity index (χ0n) is 14.3. The van der Waals surface area contributed by atoms with Crippen molar-refractivity contribution >= 4 is 56.9 Å². The van der Waals surface area contributed by atoms with Gasteiger partial charge in [-0.25, -0.2) is 18.4 Å². The number of hydrogen-bond acceptors (Lipinski definition) is 6. The molecule has 0 bridgehead atoms. The average molecular weight is 443 g/mol. The van der Waals surface area contributed by atoms with Gasteiger partial charge in [-0.15, -0.1) is 36.2 Å². The highest BCUT2D eigenvalue weighted by atomic mass is 35.5. The van der Waals surface area contributed by atoms with E-state index in [1.807, 2.05) is 25.1 Å². The Morgan fingerprint density at radius 2 is 1.85 bits per heavy atom. The fourth-order valence-electron chi connectivity index (χ4n) is 2.71. The lowest BCUT2D eigenvalue weighted by atomic mass is 10.0. The molecule has 0 fully saturated rings. The van der Waals surface area contributed by atoms with E-state index in [1.54, 1.807) is 18.3 Å². The quantitative estimate of drug-likeness (QED) is 0.510. The Labute approximate surface area is 172 Å². The minimum absolute atomic E-state index is 0. The highest BCUT2D eigenvalue weighted by molar-refractivity contribution is 7.92. The number of fused-ring (bicyclic) bond motifs is 1. The van der Waals surface area contributed by atoms with E-state index in [1.165, 1.54) is 23.9 Å². The van der Waals surface area contributed by atoms with E-state index in [9.17, 15) is 8.42 Å². The lowest BCUT2D eigenvalue weighted by Gasteiger charge is -2.06. The third-order valence-electron chi connectivity index (χ3n) is 3.96. The molecule has 0 aliphatic rings. The van der Waals surface area contributed by atoms with E-state index in [4.69, 9.17) is 0 Å². The number of halogens is 2. The zero-order valence-corrected chi connectivity index (χ0v) is 17.6. The molecule has 0 unspecified atom stereocenters. The molecule has 4 rings (SSSR count). The van der Waals surface area contributed by atoms with Crippen LogP contribution in [-0.4, -0.2) is 34.8 Å². The van der Waals surface area contributed by atoms with E-state index in [-0.39, 0.29) is 24.8 Å². The maximum Gasteiger partial charge on any atom is 0.184 e. The first-order valence-electron chi connectivity index (χ1n) is 7.49. The third kappa shape index (κ3) is 3.98. The number of thiophene rings is 1. The number of rotatable bonds is 3. The summed E-state index contributed by atoms with van der Waals surface area (Å²) in [5.41, 5.74) is 4.54. The number of H-pyrrole nitrogens is 1. The molecule has 6 nitrogen and oxygen atoms in total. The minimum Gasteiger partial charge on any atom is -0.282 e. The molecule has 3 aromatic heterocycles. The second-order valence-corrected chi connectivity index (χ2v) is 9.08. The molecule has 0 atom stereocenters. The van der Waals surface area contributed by atoms with Crippen LogP contribution in [-0.2, 0) is 9.84 Å². The number of aryl methyl sites for hydroxylation is 1. The Kier molecular flexibility index (Phi) is 6.26. The van der Waals surface area contributed by atoms with Gasteiger partial charge in [0.05, 0.1) is 22.3 Å². The number of aromatic amines is 1. The van der Waals surface area contributed by atoms with Gasteiger partial charge < -0.3 is 0 Å². The molecule has 0 saturated heterocycles. The molecular weight excluding hydrogens is 427 g/mol. The molecule has 4 aromatic rings. The van der Waals surface area contributed by atoms with Crippen LogP contribution in [0.3, 0.4) is 0 Å². The first kappa shape index (κ1) is 21.3. The summed E-state index contributed by atoms with van der Waals surface area (Å²) in [6.45, 7) is 1.96. The summed E-state index contributed by atoms with van der Waals surface area (Å²) in [5.74, 6) is 0. The average Bonchev–Trinajstić information content (AvgIpc) is 3.22. The molecule has 0 radical (unpaired) electrons. The molecule has 3 heterocycles. The van der Waals surface area contributed by atoms with Gasteiger partial charge >= 0.3 is 0 Å². The van der Waals surface area contributed by atoms with Crippen molar-refractivity contribution in [2.45, 2.75) is 11.1 Å². The van der Waals surface area contributed by atoms with Gasteiger partial charge in [0.1, 0.15) is 10.5 Å². The second-order valence-electron chi connectivity index (χ2n) is 5.75. The standard InChI is InChI=1S/C17H14N4O2S2.2ClH/c1-10-13(8-20-21-10)11-3-4-14-12(7-11)17(19-9-18-14)15-5-6-16(24-15)25(2,22)23;;/h3-9H,1-2H3,(H,20,21);2*1H. The molecule has 0 saturated carbocycles. The Bertz CT molecular complexity index is 1200. The number of nitrogens with zero attached hydrogens (tertiary/aromatic N) is 3. The van der Waals surface area contributed by atoms with Crippen molar-refractivity contribution in [3.63, 3.8) is 0 Å². The van der Waals surface area contributed by atoms with E-state index < -0.39 is 9.84 Å². The minimum atomic E-state index is -3.23. The maximum absolute atomic E-state index is 11.8. The monoisotopic (exact) mass is 442 g/mol. The van der Waals surface area contributed by atoms with Gasteiger partial charge in [-0.2, -0.15) is 5.10 Å². The molecule has 1 N–H and O–H groups in total. The molecule has 0 amide bonds. The van der Waals surface area contributed by atoms with Crippen LogP contribution in [0, 0.1) is 6.92 Å². The Balaban J connectivity index is 0.00000131. The summed E-state index contributed by atoms with van der Waals surface area (Å²) in [6.07, 6.45) is 4.49. The fourth-order valence-corrected chi connectivity index (χ4v) is 4.65. The van der Waals surface area contributed by atoms with Gasteiger partial charge in [-0.05, 0) is 36.8 Å². The van der Waals surface area contributed by atoms with Crippen LogP contribution in [0.4, 0.5) is 0 Å². The van der Waals surface area contributed by atoms with E-state index >= 15 is 0 Å². The van der Waals surface area contributed by atoms with Gasteiger partial charge in [0.2, 0.25) is 0 Å². The van der Waals surface area contributed by atoms with Crippen molar-refractivity contribution in [3.05, 3.63) is 48.5 Å². The smallest absolute Gasteiger partial charge is 0.184 e. The molecule has 0 aliphatic heterocycles. The van der Waals surface area contributed by atoms with Crippen molar-refractivity contribution in [2.24, 2.45) is 0 Å². The van der Waals surface area contributed by atoms with Gasteiger partial charge in [-0.3, -0.25) is 5.10 Å². The van der Waals surface area contributed by atoms with Crippen LogP contribution in [0.2, 0.25) is 0 Å². The highest BCUT2D eigenvalue weighted by Gasteiger charge is 2.15. The molecular formula is C17H16Cl2N4O2S2. The summed E-state index contributed by atoms with van der Waals surface area (Å²) in [7, 11) is -3.23. The fraction of sp³-hybridized carbons (Fsp3) is 0.118. The number of nitrogens with one attached hydrogen (secondary N) is 1. The normalized spacial score (nSPS) is 11.0. The first-order valence-corrected chi connectivity index (χ1v) is 10.2. The van der Waals surface area contributed by atoms with E-state index in [2.05, 4.69) is 20.2 Å². The molecule has 142 valence electrons. The lowest BCUT2D eigenvalue weighted by Crippen LogP contribution is -1.92. The Morgan fingerprint density at radius 1 is 1.07 bits per heavy atom. The number of aromatic nitrogens is 4. The van der Waals surface area contributed by atoms with Gasteiger partial charge in [0, 0.05) is 22.9 Å². The number of sulfone groups is 1. The largest absolute Gasteiger partial charge is 0.282 e. The summed E-state index contributed by atoms with van der Waals surface area (Å²) in [6, 6.07) is 9.36. The molecule has 10 heteroatoms. The lowest BCUT2D eigenvalue weighted by molar-refractivity contribution is 0.604. The maximum atomic E-state index is 11.8. The van der Waals surface area contributed by atoms with Crippen molar-refractivity contribution in [3.8, 4) is 21.7 Å². The predicted molar refractivity (Wildman–Crippen MR) is 113 cm³/mol. The topological polar surface area (TPSA) is 88.6 Å². The second kappa shape index (κ2) is 7.93. The summed E-state index contributed by atoms with van der Waals surface area (Å²) < 4.78 is 23.8. The zero-order chi connectivity index (χ0) is 17.6. The van der Waals surface area contributed by atoms with E-state index in [0.717, 1.165) is 38.3 Å². The first-order chi connectivity index (χ1) is 11.9. The van der Waals surface area contributed by atoms with Crippen LogP contribution in [0.15, 0.2) is 47.1 Å². The highest BCUT2D eigenvalue weighted by Crippen LogP contribution is 2.35. The van der Waals surface area contributed by atoms with Crippen LogP contribution >= 0.6 is 36.2 Å². The van der Waals surface area contributed by atoms with Crippen molar-refractivity contribution in [1.29, 1.82) is 0 Å². The third-order valence-corrected chi connectivity index (χ3v) is 6.87. The summed E-state index contributed by atoms with van der Waals surface area (Å²) in [4.78, 5) is 9.52. The molecule has 27 heavy (non-hydrogen) atoms. The van der Waals surface area contributed by atoms with Crippen molar-refractivity contribution in [1.82, 2.24) is 20.2 Å². The van der Waals surface area contributed by atoms with Gasteiger partial charge in [0.25, 0.3) is 0 Å². The molecule has 1 aromatic carbocycles. The number of hydrogen-bond donors (Lipinski definition) is 1. The summed E-state index contributed by atoms with van der Waals surface area (Å²) >= 11 is 1.22. The van der Waals surface area contributed by atoms with Crippen LogP contribution in [0.25, 0.3) is 32.6 Å². The predicted octanol–water partition coefficient (Wildman–Crippen LogP) is 4.30. The van der Waals surface area contributed by atoms with Crippen molar-refractivity contribution in [2.75, 3.05) is 6.26 Å². The Hall–Kier alpha value is -2.00. The summed E-state index contributed by atoms with van der Waals surface area (Å²) in [5, 5.41) is 7.88. The van der Waals surface area contributed by atoms with E-state index in [0.29, 0.717) is 4.21 Å². The Morgan fingerprint density at radius 3 is 2.48 bits per heavy atom. The number of benzene rings is 1.